The zero-order chi connectivity index (χ0) is 18.1. The molecule has 3 heterocycles. The number of ether oxygens (including phenoxy) is 1. The number of thiophene rings is 1. The van der Waals surface area contributed by atoms with Gasteiger partial charge in [-0.05, 0) is 43.5 Å². The van der Waals surface area contributed by atoms with E-state index in [-0.39, 0.29) is 6.61 Å². The Labute approximate surface area is 154 Å². The standard InChI is InChI=1S/C20H16N2O3S/c1-12-5-6-17-15(8-12)16(9-13(2)21-17)20(23)25-11-14-10-24-19(22-14)18-4-3-7-26-18/h3-10H,11H2,1-2H3. The number of benzene rings is 1. The number of pyridine rings is 1. The Kier molecular flexibility index (Phi) is 4.26. The molecule has 0 saturated heterocycles. The molecule has 0 fully saturated rings. The van der Waals surface area contributed by atoms with Crippen LogP contribution in [0.4, 0.5) is 0 Å². The van der Waals surface area contributed by atoms with Gasteiger partial charge in [0.05, 0.1) is 16.0 Å². The van der Waals surface area contributed by atoms with E-state index in [9.17, 15) is 4.79 Å². The number of esters is 1. The molecule has 0 aliphatic rings. The van der Waals surface area contributed by atoms with Crippen molar-refractivity contribution in [1.29, 1.82) is 0 Å². The van der Waals surface area contributed by atoms with Gasteiger partial charge >= 0.3 is 5.97 Å². The smallest absolute Gasteiger partial charge is 0.339 e. The van der Waals surface area contributed by atoms with Crippen LogP contribution in [0.15, 0.2) is 52.5 Å². The third-order valence-electron chi connectivity index (χ3n) is 3.95. The number of oxazole rings is 1. The number of carbonyl (C=O) groups is 1. The molecule has 4 rings (SSSR count). The second-order valence-electron chi connectivity index (χ2n) is 6.03. The van der Waals surface area contributed by atoms with Crippen molar-refractivity contribution in [3.63, 3.8) is 0 Å². The zero-order valence-electron chi connectivity index (χ0n) is 14.4. The Morgan fingerprint density at radius 3 is 2.88 bits per heavy atom. The summed E-state index contributed by atoms with van der Waals surface area (Å²) in [6.45, 7) is 3.90. The second-order valence-corrected chi connectivity index (χ2v) is 6.98. The van der Waals surface area contributed by atoms with Gasteiger partial charge in [0.2, 0.25) is 5.89 Å². The topological polar surface area (TPSA) is 65.2 Å². The number of rotatable bonds is 4. The van der Waals surface area contributed by atoms with Gasteiger partial charge in [0.1, 0.15) is 18.6 Å². The van der Waals surface area contributed by atoms with Crippen molar-refractivity contribution in [1.82, 2.24) is 9.97 Å². The van der Waals surface area contributed by atoms with Crippen LogP contribution in [0.3, 0.4) is 0 Å². The summed E-state index contributed by atoms with van der Waals surface area (Å²) in [7, 11) is 0. The predicted molar refractivity (Wildman–Crippen MR) is 100 cm³/mol. The van der Waals surface area contributed by atoms with Gasteiger partial charge in [-0.1, -0.05) is 17.7 Å². The van der Waals surface area contributed by atoms with Crippen molar-refractivity contribution in [3.05, 3.63) is 70.6 Å². The number of aryl methyl sites for hydroxylation is 2. The minimum Gasteiger partial charge on any atom is -0.455 e. The molecule has 130 valence electrons. The second kappa shape index (κ2) is 6.72. The SMILES string of the molecule is Cc1ccc2nc(C)cc(C(=O)OCc3coc(-c4cccs4)n3)c2c1. The van der Waals surface area contributed by atoms with Crippen LogP contribution >= 0.6 is 11.3 Å². The van der Waals surface area contributed by atoms with Crippen LogP contribution in [0.25, 0.3) is 21.7 Å². The van der Waals surface area contributed by atoms with Crippen molar-refractivity contribution < 1.29 is 13.9 Å². The highest BCUT2D eigenvalue weighted by Gasteiger charge is 2.15. The van der Waals surface area contributed by atoms with Gasteiger partial charge in [-0.15, -0.1) is 11.3 Å². The summed E-state index contributed by atoms with van der Waals surface area (Å²) in [4.78, 5) is 22.4. The first-order valence-corrected chi connectivity index (χ1v) is 9.01. The molecule has 1 aromatic carbocycles. The van der Waals surface area contributed by atoms with Crippen molar-refractivity contribution in [2.75, 3.05) is 0 Å². The third kappa shape index (κ3) is 3.23. The van der Waals surface area contributed by atoms with E-state index >= 15 is 0 Å². The molecule has 26 heavy (non-hydrogen) atoms. The number of hydrogen-bond acceptors (Lipinski definition) is 6. The van der Waals surface area contributed by atoms with Crippen LogP contribution in [0.1, 0.15) is 27.3 Å². The van der Waals surface area contributed by atoms with Gasteiger partial charge in [-0.25, -0.2) is 9.78 Å². The molecule has 0 amide bonds. The predicted octanol–water partition coefficient (Wildman–Crippen LogP) is 4.93. The van der Waals surface area contributed by atoms with Gasteiger partial charge in [0.25, 0.3) is 0 Å². The van der Waals surface area contributed by atoms with E-state index in [0.717, 1.165) is 27.0 Å². The molecule has 0 aliphatic carbocycles. The molecule has 0 spiro atoms. The number of hydrogen-bond donors (Lipinski definition) is 0. The molecule has 0 aliphatic heterocycles. The van der Waals surface area contributed by atoms with Gasteiger partial charge in [-0.3, -0.25) is 4.98 Å². The first-order chi connectivity index (χ1) is 12.6. The number of aromatic nitrogens is 2. The van der Waals surface area contributed by atoms with Crippen LogP contribution in [0.5, 0.6) is 0 Å². The monoisotopic (exact) mass is 364 g/mol. The zero-order valence-corrected chi connectivity index (χ0v) is 15.2. The van der Waals surface area contributed by atoms with Gasteiger partial charge < -0.3 is 9.15 Å². The Hall–Kier alpha value is -2.99. The molecule has 0 bridgehead atoms. The average Bonchev–Trinajstić information content (AvgIpc) is 3.30. The molecule has 0 N–H and O–H groups in total. The van der Waals surface area contributed by atoms with E-state index < -0.39 is 5.97 Å². The summed E-state index contributed by atoms with van der Waals surface area (Å²) in [5.41, 5.74) is 3.71. The third-order valence-corrected chi connectivity index (χ3v) is 4.80. The summed E-state index contributed by atoms with van der Waals surface area (Å²) in [6, 6.07) is 11.5. The highest BCUT2D eigenvalue weighted by Crippen LogP contribution is 2.24. The van der Waals surface area contributed by atoms with Crippen LogP contribution in [0.2, 0.25) is 0 Å². The normalized spacial score (nSPS) is 11.0. The fraction of sp³-hybridized carbons (Fsp3) is 0.150. The fourth-order valence-electron chi connectivity index (χ4n) is 2.74. The molecular formula is C20H16N2O3S. The summed E-state index contributed by atoms with van der Waals surface area (Å²) in [5, 5.41) is 2.75. The summed E-state index contributed by atoms with van der Waals surface area (Å²) in [6.07, 6.45) is 1.52. The van der Waals surface area contributed by atoms with E-state index in [1.807, 2.05) is 49.6 Å². The van der Waals surface area contributed by atoms with Gasteiger partial charge in [-0.2, -0.15) is 0 Å². The van der Waals surface area contributed by atoms with Crippen LogP contribution < -0.4 is 0 Å². The van der Waals surface area contributed by atoms with E-state index in [1.165, 1.54) is 6.26 Å². The molecular weight excluding hydrogens is 348 g/mol. The summed E-state index contributed by atoms with van der Waals surface area (Å²) in [5.74, 6) is 0.138. The summed E-state index contributed by atoms with van der Waals surface area (Å²) < 4.78 is 10.9. The van der Waals surface area contributed by atoms with E-state index in [2.05, 4.69) is 9.97 Å². The van der Waals surface area contributed by atoms with Crippen molar-refractivity contribution in [2.24, 2.45) is 0 Å². The maximum Gasteiger partial charge on any atom is 0.339 e. The first-order valence-electron chi connectivity index (χ1n) is 8.13. The van der Waals surface area contributed by atoms with Crippen LogP contribution in [0, 0.1) is 13.8 Å². The lowest BCUT2D eigenvalue weighted by molar-refractivity contribution is 0.0470. The lowest BCUT2D eigenvalue weighted by atomic mass is 10.1. The molecule has 0 saturated carbocycles. The maximum absolute atomic E-state index is 12.6. The molecule has 5 nitrogen and oxygen atoms in total. The highest BCUT2D eigenvalue weighted by molar-refractivity contribution is 7.13. The van der Waals surface area contributed by atoms with Crippen molar-refractivity contribution in [3.8, 4) is 10.8 Å². The summed E-state index contributed by atoms with van der Waals surface area (Å²) >= 11 is 1.54. The van der Waals surface area contributed by atoms with E-state index in [1.54, 1.807) is 17.4 Å². The highest BCUT2D eigenvalue weighted by atomic mass is 32.1. The Balaban J connectivity index is 1.55. The van der Waals surface area contributed by atoms with Crippen LogP contribution in [-0.2, 0) is 11.3 Å². The Bertz CT molecular complexity index is 1080. The minimum atomic E-state index is -0.397. The Morgan fingerprint density at radius 2 is 2.08 bits per heavy atom. The quantitative estimate of drug-likeness (QED) is 0.481. The molecule has 0 unspecified atom stereocenters. The lowest BCUT2D eigenvalue weighted by Crippen LogP contribution is -2.07. The van der Waals surface area contributed by atoms with E-state index in [0.29, 0.717) is 17.1 Å². The van der Waals surface area contributed by atoms with Crippen molar-refractivity contribution in [2.45, 2.75) is 20.5 Å². The number of fused-ring (bicyclic) bond motifs is 1. The van der Waals surface area contributed by atoms with Crippen molar-refractivity contribution >= 4 is 28.2 Å². The maximum atomic E-state index is 12.6. The van der Waals surface area contributed by atoms with E-state index in [4.69, 9.17) is 9.15 Å². The Morgan fingerprint density at radius 1 is 1.19 bits per heavy atom. The minimum absolute atomic E-state index is 0.0579. The number of carbonyl (C=O) groups excluding carboxylic acids is 1. The molecule has 4 aromatic rings. The van der Waals surface area contributed by atoms with Gasteiger partial charge in [0.15, 0.2) is 0 Å². The van der Waals surface area contributed by atoms with Crippen LogP contribution in [-0.4, -0.2) is 15.9 Å². The lowest BCUT2D eigenvalue weighted by Gasteiger charge is -2.08. The fourth-order valence-corrected chi connectivity index (χ4v) is 3.40. The number of nitrogens with zero attached hydrogens (tertiary/aromatic N) is 2. The molecule has 0 radical (unpaired) electrons. The molecule has 0 atom stereocenters. The first kappa shape index (κ1) is 16.5. The molecule has 6 heteroatoms. The molecule has 3 aromatic heterocycles. The largest absolute Gasteiger partial charge is 0.455 e. The average molecular weight is 364 g/mol. The van der Waals surface area contributed by atoms with Gasteiger partial charge in [0, 0.05) is 11.1 Å².